The first-order chi connectivity index (χ1) is 11.7. The topological polar surface area (TPSA) is 73.8 Å². The van der Waals surface area contributed by atoms with Crippen molar-refractivity contribution in [3.8, 4) is 11.4 Å². The molecule has 0 bridgehead atoms. The molecule has 0 aliphatic heterocycles. The number of nitrogens with zero attached hydrogens (tertiary/aromatic N) is 2. The fourth-order valence-electron chi connectivity index (χ4n) is 3.38. The number of aliphatic hydroxyl groups is 1. The molecule has 24 heavy (non-hydrogen) atoms. The molecule has 0 saturated heterocycles. The number of anilines is 1. The van der Waals surface area contributed by atoms with Crippen molar-refractivity contribution in [1.82, 2.24) is 15.0 Å². The van der Waals surface area contributed by atoms with Crippen LogP contribution in [-0.2, 0) is 0 Å². The van der Waals surface area contributed by atoms with Crippen LogP contribution in [0.3, 0.4) is 0 Å². The summed E-state index contributed by atoms with van der Waals surface area (Å²) in [5, 5.41) is 13.2. The van der Waals surface area contributed by atoms with Crippen molar-refractivity contribution in [2.45, 2.75) is 44.8 Å². The van der Waals surface area contributed by atoms with Gasteiger partial charge in [-0.3, -0.25) is 0 Å². The van der Waals surface area contributed by atoms with Crippen molar-refractivity contribution in [2.75, 3.05) is 5.32 Å². The largest absolute Gasteiger partial charge is 0.393 e. The molecule has 1 aliphatic rings. The summed E-state index contributed by atoms with van der Waals surface area (Å²) in [5.41, 5.74) is 4.16. The van der Waals surface area contributed by atoms with E-state index in [4.69, 9.17) is 4.98 Å². The van der Waals surface area contributed by atoms with Crippen LogP contribution in [0, 0.1) is 6.92 Å². The van der Waals surface area contributed by atoms with Gasteiger partial charge in [0.2, 0.25) is 0 Å². The maximum atomic E-state index is 9.66. The Balaban J connectivity index is 1.65. The molecule has 3 N–H and O–H groups in total. The van der Waals surface area contributed by atoms with Crippen molar-refractivity contribution in [1.29, 1.82) is 0 Å². The van der Waals surface area contributed by atoms with Gasteiger partial charge < -0.3 is 15.4 Å². The number of hydrogen-bond donors (Lipinski definition) is 3. The Bertz CT molecular complexity index is 849. The summed E-state index contributed by atoms with van der Waals surface area (Å²) in [4.78, 5) is 12.7. The van der Waals surface area contributed by atoms with Gasteiger partial charge >= 0.3 is 0 Å². The van der Waals surface area contributed by atoms with Gasteiger partial charge in [-0.1, -0.05) is 23.8 Å². The van der Waals surface area contributed by atoms with E-state index in [1.807, 2.05) is 12.1 Å². The lowest BCUT2D eigenvalue weighted by molar-refractivity contribution is 0.126. The molecule has 1 saturated carbocycles. The number of pyridine rings is 1. The van der Waals surface area contributed by atoms with E-state index in [1.54, 1.807) is 6.20 Å². The van der Waals surface area contributed by atoms with Gasteiger partial charge in [0.25, 0.3) is 0 Å². The number of aromatic nitrogens is 3. The van der Waals surface area contributed by atoms with Crippen molar-refractivity contribution in [3.05, 3.63) is 42.1 Å². The standard InChI is InChI=1S/C19H22N4O/c1-12-3-2-4-13(11-12)18-22-16-9-10-20-19(17(16)23-18)21-14-5-7-15(24)8-6-14/h2-4,9-11,14-15,24H,5-8H2,1H3,(H,20,21)(H,22,23). The molecule has 5 heteroatoms. The lowest BCUT2D eigenvalue weighted by atomic mass is 9.93. The van der Waals surface area contributed by atoms with Crippen LogP contribution in [0.1, 0.15) is 31.2 Å². The molecule has 2 heterocycles. The van der Waals surface area contributed by atoms with Crippen LogP contribution < -0.4 is 5.32 Å². The molecular formula is C19H22N4O. The van der Waals surface area contributed by atoms with Gasteiger partial charge in [-0.15, -0.1) is 0 Å². The Hall–Kier alpha value is -2.40. The van der Waals surface area contributed by atoms with Crippen LogP contribution in [0.15, 0.2) is 36.5 Å². The highest BCUT2D eigenvalue weighted by atomic mass is 16.3. The summed E-state index contributed by atoms with van der Waals surface area (Å²) in [6.45, 7) is 2.08. The van der Waals surface area contributed by atoms with Crippen LogP contribution in [0.4, 0.5) is 5.82 Å². The monoisotopic (exact) mass is 322 g/mol. The molecule has 0 amide bonds. The lowest BCUT2D eigenvalue weighted by Crippen LogP contribution is -2.28. The molecule has 0 unspecified atom stereocenters. The van der Waals surface area contributed by atoms with Gasteiger partial charge in [-0.2, -0.15) is 0 Å². The molecule has 1 fully saturated rings. The van der Waals surface area contributed by atoms with Gasteiger partial charge in [-0.25, -0.2) is 9.97 Å². The second-order valence-corrected chi connectivity index (χ2v) is 6.66. The minimum absolute atomic E-state index is 0.148. The summed E-state index contributed by atoms with van der Waals surface area (Å²) in [6.07, 6.45) is 5.29. The zero-order chi connectivity index (χ0) is 16.5. The summed E-state index contributed by atoms with van der Waals surface area (Å²) in [6, 6.07) is 10.6. The fraction of sp³-hybridized carbons (Fsp3) is 0.368. The number of aliphatic hydroxyl groups excluding tert-OH is 1. The Morgan fingerprint density at radius 1 is 1.17 bits per heavy atom. The third kappa shape index (κ3) is 2.99. The smallest absolute Gasteiger partial charge is 0.154 e. The molecule has 1 aromatic carbocycles. The van der Waals surface area contributed by atoms with Crippen molar-refractivity contribution in [2.24, 2.45) is 0 Å². The summed E-state index contributed by atoms with van der Waals surface area (Å²) < 4.78 is 0. The van der Waals surface area contributed by atoms with Crippen molar-refractivity contribution < 1.29 is 5.11 Å². The molecule has 2 aromatic heterocycles. The molecule has 0 atom stereocenters. The fourth-order valence-corrected chi connectivity index (χ4v) is 3.38. The Morgan fingerprint density at radius 3 is 2.79 bits per heavy atom. The predicted molar refractivity (Wildman–Crippen MR) is 95.9 cm³/mol. The number of rotatable bonds is 3. The summed E-state index contributed by atoms with van der Waals surface area (Å²) in [7, 11) is 0. The van der Waals surface area contributed by atoms with E-state index in [0.29, 0.717) is 6.04 Å². The number of fused-ring (bicyclic) bond motifs is 1. The van der Waals surface area contributed by atoms with E-state index >= 15 is 0 Å². The highest BCUT2D eigenvalue weighted by Crippen LogP contribution is 2.27. The molecule has 1 aliphatic carbocycles. The maximum absolute atomic E-state index is 9.66. The van der Waals surface area contributed by atoms with E-state index in [2.05, 4.69) is 40.4 Å². The Labute approximate surface area is 141 Å². The average molecular weight is 322 g/mol. The summed E-state index contributed by atoms with van der Waals surface area (Å²) in [5.74, 6) is 1.69. The van der Waals surface area contributed by atoms with Crippen LogP contribution >= 0.6 is 0 Å². The normalized spacial score (nSPS) is 21.1. The second-order valence-electron chi connectivity index (χ2n) is 6.66. The van der Waals surface area contributed by atoms with Gasteiger partial charge in [0, 0.05) is 17.8 Å². The SMILES string of the molecule is Cc1cccc(-c2nc3c(NC4CCC(O)CC4)nccc3[nH]2)c1. The first kappa shape index (κ1) is 15.1. The number of imidazole rings is 1. The molecular weight excluding hydrogens is 300 g/mol. The molecule has 0 radical (unpaired) electrons. The average Bonchev–Trinajstić information content (AvgIpc) is 3.02. The summed E-state index contributed by atoms with van der Waals surface area (Å²) >= 11 is 0. The number of aryl methyl sites for hydroxylation is 1. The molecule has 0 spiro atoms. The van der Waals surface area contributed by atoms with Gasteiger partial charge in [0.15, 0.2) is 5.82 Å². The Morgan fingerprint density at radius 2 is 2.00 bits per heavy atom. The zero-order valence-corrected chi connectivity index (χ0v) is 13.8. The minimum atomic E-state index is -0.148. The zero-order valence-electron chi connectivity index (χ0n) is 13.8. The van der Waals surface area contributed by atoms with Crippen molar-refractivity contribution in [3.63, 3.8) is 0 Å². The van der Waals surface area contributed by atoms with Crippen LogP contribution in [0.5, 0.6) is 0 Å². The number of H-pyrrole nitrogens is 1. The van der Waals surface area contributed by atoms with Gasteiger partial charge in [0.05, 0.1) is 11.6 Å². The quantitative estimate of drug-likeness (QED) is 0.688. The van der Waals surface area contributed by atoms with E-state index in [-0.39, 0.29) is 6.10 Å². The minimum Gasteiger partial charge on any atom is -0.393 e. The van der Waals surface area contributed by atoms with E-state index < -0.39 is 0 Å². The second kappa shape index (κ2) is 6.24. The van der Waals surface area contributed by atoms with E-state index in [0.717, 1.165) is 53.9 Å². The van der Waals surface area contributed by atoms with E-state index in [9.17, 15) is 5.11 Å². The molecule has 3 aromatic rings. The lowest BCUT2D eigenvalue weighted by Gasteiger charge is -2.26. The number of hydrogen-bond acceptors (Lipinski definition) is 4. The highest BCUT2D eigenvalue weighted by molar-refractivity contribution is 5.88. The van der Waals surface area contributed by atoms with Crippen LogP contribution in [0.2, 0.25) is 0 Å². The predicted octanol–water partition coefficient (Wildman–Crippen LogP) is 3.65. The maximum Gasteiger partial charge on any atom is 0.154 e. The molecule has 124 valence electrons. The van der Waals surface area contributed by atoms with Crippen LogP contribution in [-0.4, -0.2) is 32.2 Å². The first-order valence-electron chi connectivity index (χ1n) is 8.55. The molecule has 4 rings (SSSR count). The first-order valence-corrected chi connectivity index (χ1v) is 8.55. The highest BCUT2D eigenvalue weighted by Gasteiger charge is 2.20. The number of benzene rings is 1. The number of nitrogens with one attached hydrogen (secondary N) is 2. The van der Waals surface area contributed by atoms with E-state index in [1.165, 1.54) is 5.56 Å². The van der Waals surface area contributed by atoms with Crippen molar-refractivity contribution >= 4 is 16.9 Å². The third-order valence-electron chi connectivity index (χ3n) is 4.73. The van der Waals surface area contributed by atoms with Gasteiger partial charge in [0.1, 0.15) is 11.3 Å². The Kier molecular flexibility index (Phi) is 3.94. The third-order valence-corrected chi connectivity index (χ3v) is 4.73. The van der Waals surface area contributed by atoms with Crippen LogP contribution in [0.25, 0.3) is 22.4 Å². The van der Waals surface area contributed by atoms with Gasteiger partial charge in [-0.05, 0) is 44.7 Å². The number of aromatic amines is 1. The molecule has 5 nitrogen and oxygen atoms in total.